The zero-order chi connectivity index (χ0) is 18.4. The minimum absolute atomic E-state index is 0.00924. The molecule has 0 aliphatic heterocycles. The summed E-state index contributed by atoms with van der Waals surface area (Å²) in [6.45, 7) is 2.07. The van der Waals surface area contributed by atoms with Crippen molar-refractivity contribution in [2.75, 3.05) is 30.9 Å². The van der Waals surface area contributed by atoms with Gasteiger partial charge in [-0.15, -0.1) is 0 Å². The summed E-state index contributed by atoms with van der Waals surface area (Å²) >= 11 is 0. The van der Waals surface area contributed by atoms with Crippen LogP contribution in [0.25, 0.3) is 0 Å². The van der Waals surface area contributed by atoms with Gasteiger partial charge in [-0.2, -0.15) is 0 Å². The molecule has 0 atom stereocenters. The predicted molar refractivity (Wildman–Crippen MR) is 97.2 cm³/mol. The fourth-order valence-electron chi connectivity index (χ4n) is 2.26. The molecule has 0 radical (unpaired) electrons. The molecule has 0 unspecified atom stereocenters. The van der Waals surface area contributed by atoms with Crippen LogP contribution in [0, 0.1) is 12.7 Å². The van der Waals surface area contributed by atoms with Crippen LogP contribution < -0.4 is 15.5 Å². The van der Waals surface area contributed by atoms with Crippen molar-refractivity contribution in [3.05, 3.63) is 59.4 Å². The number of carbonyl (C=O) groups is 2. The Hall–Kier alpha value is -2.89. The molecule has 0 heterocycles. The summed E-state index contributed by atoms with van der Waals surface area (Å²) in [7, 11) is 3.93. The quantitative estimate of drug-likeness (QED) is 0.820. The van der Waals surface area contributed by atoms with Crippen molar-refractivity contribution in [1.82, 2.24) is 5.32 Å². The summed E-state index contributed by atoms with van der Waals surface area (Å²) < 4.78 is 13.7. The second-order valence-corrected chi connectivity index (χ2v) is 6.00. The molecular weight excluding hydrogens is 321 g/mol. The van der Waals surface area contributed by atoms with Crippen molar-refractivity contribution in [2.24, 2.45) is 0 Å². The lowest BCUT2D eigenvalue weighted by Gasteiger charge is -2.12. The van der Waals surface area contributed by atoms with Gasteiger partial charge in [0.25, 0.3) is 0 Å². The van der Waals surface area contributed by atoms with Gasteiger partial charge in [-0.25, -0.2) is 4.39 Å². The van der Waals surface area contributed by atoms with Gasteiger partial charge in [-0.3, -0.25) is 9.59 Å². The largest absolute Gasteiger partial charge is 0.378 e. The number of nitrogens with zero attached hydrogens (tertiary/aromatic N) is 1. The smallest absolute Gasteiger partial charge is 0.313 e. The van der Waals surface area contributed by atoms with Crippen molar-refractivity contribution < 1.29 is 14.0 Å². The third-order valence-corrected chi connectivity index (χ3v) is 3.73. The van der Waals surface area contributed by atoms with E-state index in [4.69, 9.17) is 0 Å². The summed E-state index contributed by atoms with van der Waals surface area (Å²) in [6, 6.07) is 12.3. The standard InChI is InChI=1S/C19H22FN3O2/c1-13-4-9-17(16(20)12-13)22-19(25)18(24)21-11-10-14-5-7-15(8-6-14)23(2)3/h4-9,12H,10-11H2,1-3H3,(H,21,24)(H,22,25). The van der Waals surface area contributed by atoms with E-state index in [1.165, 1.54) is 12.1 Å². The van der Waals surface area contributed by atoms with Gasteiger partial charge < -0.3 is 15.5 Å². The van der Waals surface area contributed by atoms with Gasteiger partial charge in [0, 0.05) is 26.3 Å². The molecule has 5 nitrogen and oxygen atoms in total. The first-order valence-electron chi connectivity index (χ1n) is 7.98. The molecule has 2 rings (SSSR count). The molecule has 2 aromatic rings. The van der Waals surface area contributed by atoms with Crippen LogP contribution in [0.1, 0.15) is 11.1 Å². The monoisotopic (exact) mass is 343 g/mol. The van der Waals surface area contributed by atoms with E-state index in [9.17, 15) is 14.0 Å². The fourth-order valence-corrected chi connectivity index (χ4v) is 2.26. The number of nitrogens with one attached hydrogen (secondary N) is 2. The fraction of sp³-hybridized carbons (Fsp3) is 0.263. The highest BCUT2D eigenvalue weighted by Crippen LogP contribution is 2.15. The topological polar surface area (TPSA) is 61.4 Å². The maximum Gasteiger partial charge on any atom is 0.313 e. The SMILES string of the molecule is Cc1ccc(NC(=O)C(=O)NCCc2ccc(N(C)C)cc2)c(F)c1. The molecule has 2 aromatic carbocycles. The number of hydrogen-bond donors (Lipinski definition) is 2. The summed E-state index contributed by atoms with van der Waals surface area (Å²) in [4.78, 5) is 25.6. The number of carbonyl (C=O) groups excluding carboxylic acids is 2. The predicted octanol–water partition coefficient (Wildman–Crippen LogP) is 2.50. The van der Waals surface area contributed by atoms with Crippen LogP contribution in [0.5, 0.6) is 0 Å². The number of aryl methyl sites for hydroxylation is 1. The third-order valence-electron chi connectivity index (χ3n) is 3.73. The van der Waals surface area contributed by atoms with Crippen molar-refractivity contribution in [3.8, 4) is 0 Å². The molecule has 0 bridgehead atoms. The second-order valence-electron chi connectivity index (χ2n) is 6.00. The number of amides is 2. The van der Waals surface area contributed by atoms with Crippen LogP contribution in [0.2, 0.25) is 0 Å². The summed E-state index contributed by atoms with van der Waals surface area (Å²) in [5, 5.41) is 4.81. The van der Waals surface area contributed by atoms with Gasteiger partial charge in [0.05, 0.1) is 5.69 Å². The van der Waals surface area contributed by atoms with E-state index in [-0.39, 0.29) is 5.69 Å². The molecule has 0 saturated heterocycles. The van der Waals surface area contributed by atoms with Crippen LogP contribution in [-0.4, -0.2) is 32.5 Å². The van der Waals surface area contributed by atoms with Crippen LogP contribution in [0.15, 0.2) is 42.5 Å². The van der Waals surface area contributed by atoms with E-state index in [2.05, 4.69) is 10.6 Å². The highest BCUT2D eigenvalue weighted by molar-refractivity contribution is 6.39. The maximum absolute atomic E-state index is 13.7. The zero-order valence-electron chi connectivity index (χ0n) is 14.6. The Bertz CT molecular complexity index is 758. The van der Waals surface area contributed by atoms with Crippen molar-refractivity contribution in [3.63, 3.8) is 0 Å². The minimum atomic E-state index is -0.884. The Balaban J connectivity index is 1.82. The van der Waals surface area contributed by atoms with E-state index in [0.29, 0.717) is 13.0 Å². The summed E-state index contributed by atoms with van der Waals surface area (Å²) in [5.41, 5.74) is 2.87. The van der Waals surface area contributed by atoms with Gasteiger partial charge in [0.1, 0.15) is 5.82 Å². The molecule has 0 saturated carbocycles. The Labute approximate surface area is 146 Å². The molecular formula is C19H22FN3O2. The van der Waals surface area contributed by atoms with E-state index in [0.717, 1.165) is 16.8 Å². The van der Waals surface area contributed by atoms with Crippen LogP contribution in [0.3, 0.4) is 0 Å². The van der Waals surface area contributed by atoms with Crippen molar-refractivity contribution in [2.45, 2.75) is 13.3 Å². The van der Waals surface area contributed by atoms with E-state index in [1.54, 1.807) is 13.0 Å². The van der Waals surface area contributed by atoms with Crippen LogP contribution >= 0.6 is 0 Å². The Morgan fingerprint density at radius 1 is 1.04 bits per heavy atom. The van der Waals surface area contributed by atoms with E-state index < -0.39 is 17.6 Å². The Kier molecular flexibility index (Phi) is 6.11. The van der Waals surface area contributed by atoms with Gasteiger partial charge in [-0.05, 0) is 48.7 Å². The average Bonchev–Trinajstić information content (AvgIpc) is 2.57. The first kappa shape index (κ1) is 18.4. The molecule has 0 aliphatic carbocycles. The number of benzene rings is 2. The lowest BCUT2D eigenvalue weighted by Crippen LogP contribution is -2.36. The lowest BCUT2D eigenvalue weighted by atomic mass is 10.1. The molecule has 132 valence electrons. The molecule has 0 fully saturated rings. The molecule has 2 amide bonds. The number of hydrogen-bond acceptors (Lipinski definition) is 3. The average molecular weight is 343 g/mol. The molecule has 0 aliphatic rings. The molecule has 6 heteroatoms. The molecule has 25 heavy (non-hydrogen) atoms. The van der Waals surface area contributed by atoms with Gasteiger partial charge in [0.2, 0.25) is 0 Å². The second kappa shape index (κ2) is 8.28. The molecule has 2 N–H and O–H groups in total. The first-order valence-corrected chi connectivity index (χ1v) is 7.98. The highest BCUT2D eigenvalue weighted by atomic mass is 19.1. The lowest BCUT2D eigenvalue weighted by molar-refractivity contribution is -0.136. The van der Waals surface area contributed by atoms with Crippen LogP contribution in [-0.2, 0) is 16.0 Å². The van der Waals surface area contributed by atoms with Crippen molar-refractivity contribution >= 4 is 23.2 Å². The van der Waals surface area contributed by atoms with Gasteiger partial charge in [-0.1, -0.05) is 18.2 Å². The van der Waals surface area contributed by atoms with Crippen molar-refractivity contribution in [1.29, 1.82) is 0 Å². The Morgan fingerprint density at radius 3 is 2.32 bits per heavy atom. The summed E-state index contributed by atoms with van der Waals surface area (Å²) in [5.74, 6) is -2.24. The minimum Gasteiger partial charge on any atom is -0.378 e. The zero-order valence-corrected chi connectivity index (χ0v) is 14.6. The van der Waals surface area contributed by atoms with Gasteiger partial charge in [0.15, 0.2) is 0 Å². The number of halogens is 1. The van der Waals surface area contributed by atoms with E-state index in [1.807, 2.05) is 43.3 Å². The van der Waals surface area contributed by atoms with E-state index >= 15 is 0 Å². The normalized spacial score (nSPS) is 10.2. The molecule has 0 aromatic heterocycles. The summed E-state index contributed by atoms with van der Waals surface area (Å²) in [6.07, 6.45) is 0.603. The number of rotatable bonds is 5. The highest BCUT2D eigenvalue weighted by Gasteiger charge is 2.15. The van der Waals surface area contributed by atoms with Gasteiger partial charge >= 0.3 is 11.8 Å². The molecule has 0 spiro atoms. The third kappa shape index (κ3) is 5.31. The Morgan fingerprint density at radius 2 is 1.72 bits per heavy atom. The maximum atomic E-state index is 13.7. The van der Waals surface area contributed by atoms with Crippen LogP contribution in [0.4, 0.5) is 15.8 Å². The first-order chi connectivity index (χ1) is 11.9. The number of anilines is 2.